The van der Waals surface area contributed by atoms with Crippen LogP contribution in [0.3, 0.4) is 0 Å². The fourth-order valence-electron chi connectivity index (χ4n) is 3.27. The summed E-state index contributed by atoms with van der Waals surface area (Å²) in [5.41, 5.74) is -0.619. The number of rotatable bonds is 4. The van der Waals surface area contributed by atoms with Gasteiger partial charge in [-0.05, 0) is 19.1 Å². The molecule has 4 N–H and O–H groups in total. The van der Waals surface area contributed by atoms with Crippen LogP contribution in [0.2, 0.25) is 0 Å². The summed E-state index contributed by atoms with van der Waals surface area (Å²) in [4.78, 5) is 24.9. The number of anilines is 1. The van der Waals surface area contributed by atoms with Crippen molar-refractivity contribution in [3.8, 4) is 0 Å². The first kappa shape index (κ1) is 21.0. The molecule has 1 aliphatic heterocycles. The van der Waals surface area contributed by atoms with Crippen molar-refractivity contribution < 1.29 is 24.9 Å². The van der Waals surface area contributed by atoms with Crippen molar-refractivity contribution in [3.05, 3.63) is 48.5 Å². The minimum absolute atomic E-state index is 0. The van der Waals surface area contributed by atoms with Crippen molar-refractivity contribution in [2.75, 3.05) is 11.9 Å². The summed E-state index contributed by atoms with van der Waals surface area (Å²) in [6.07, 6.45) is -0.638. The number of nitrogens with one attached hydrogen (secondary N) is 1. The van der Waals surface area contributed by atoms with Gasteiger partial charge in [0.15, 0.2) is 23.2 Å². The molecule has 0 bridgehead atoms. The van der Waals surface area contributed by atoms with E-state index in [1.165, 1.54) is 24.1 Å². The number of benzene rings is 1. The van der Waals surface area contributed by atoms with Gasteiger partial charge in [0.25, 0.3) is 5.91 Å². The number of ether oxygens (including phenoxy) is 1. The average molecular weight is 413 g/mol. The molecule has 0 spiro atoms. The summed E-state index contributed by atoms with van der Waals surface area (Å²) in [6.45, 7) is 0.955. The summed E-state index contributed by atoms with van der Waals surface area (Å²) in [6, 6.07) is 8.66. The van der Waals surface area contributed by atoms with Crippen molar-refractivity contribution in [1.82, 2.24) is 19.5 Å². The van der Waals surface area contributed by atoms with E-state index in [-0.39, 0.29) is 22.7 Å². The van der Waals surface area contributed by atoms with Gasteiger partial charge in [0, 0.05) is 16.5 Å². The molecule has 29 heavy (non-hydrogen) atoms. The maximum absolute atomic E-state index is 12.4. The number of carbonyl (C=O) groups excluding carboxylic acids is 1. The number of carbonyl (C=O) groups is 1. The Morgan fingerprint density at radius 1 is 1.28 bits per heavy atom. The van der Waals surface area contributed by atoms with Gasteiger partial charge in [-0.3, -0.25) is 9.36 Å². The minimum atomic E-state index is -1.68. The van der Waals surface area contributed by atoms with Gasteiger partial charge < -0.3 is 25.4 Å². The number of hydrogen-bond acceptors (Lipinski definition) is 8. The summed E-state index contributed by atoms with van der Waals surface area (Å²) >= 11 is 0. The lowest BCUT2D eigenvalue weighted by Gasteiger charge is -2.27. The fraction of sp³-hybridized carbons (Fsp3) is 0.333. The Bertz CT molecular complexity index is 1010. The summed E-state index contributed by atoms with van der Waals surface area (Å²) < 4.78 is 7.04. The van der Waals surface area contributed by atoms with Gasteiger partial charge in [-0.1, -0.05) is 18.2 Å². The van der Waals surface area contributed by atoms with Crippen LogP contribution in [0.5, 0.6) is 0 Å². The quantitative estimate of drug-likeness (QED) is 0.427. The van der Waals surface area contributed by atoms with E-state index in [1.54, 1.807) is 24.3 Å². The molecule has 3 heterocycles. The standard InChI is InChI=1S/C18H19N5O5.Si/c1-18(27)13(25)11(7-24)28-17(18)23-9-21-12-14(19-8-20-15(12)23)22-16(26)10-5-3-2-4-6-10;/h2-6,8-9,11,13,17,24-25,27H,7H2,1H3,(H,19,20,22,26);/t11-,13-,17-,18-;/m1./s1. The van der Waals surface area contributed by atoms with Crippen LogP contribution in [-0.4, -0.2) is 76.1 Å². The molecule has 10 nitrogen and oxygen atoms in total. The third-order valence-electron chi connectivity index (χ3n) is 4.81. The zero-order valence-corrected chi connectivity index (χ0v) is 16.4. The van der Waals surface area contributed by atoms with E-state index < -0.39 is 30.6 Å². The van der Waals surface area contributed by atoms with Gasteiger partial charge in [0.05, 0.1) is 12.9 Å². The fourth-order valence-corrected chi connectivity index (χ4v) is 3.27. The first-order valence-electron chi connectivity index (χ1n) is 8.64. The van der Waals surface area contributed by atoms with E-state index in [4.69, 9.17) is 4.74 Å². The Morgan fingerprint density at radius 2 is 2.00 bits per heavy atom. The maximum atomic E-state index is 12.4. The topological polar surface area (TPSA) is 143 Å². The Kier molecular flexibility index (Phi) is 5.77. The van der Waals surface area contributed by atoms with Gasteiger partial charge in [-0.25, -0.2) is 15.0 Å². The number of aliphatic hydroxyl groups excluding tert-OH is 2. The Labute approximate surface area is 170 Å². The van der Waals surface area contributed by atoms with Gasteiger partial charge in [-0.15, -0.1) is 0 Å². The minimum Gasteiger partial charge on any atom is -0.394 e. The lowest BCUT2D eigenvalue weighted by Crippen LogP contribution is -2.44. The van der Waals surface area contributed by atoms with E-state index in [9.17, 15) is 20.1 Å². The normalized spacial score (nSPS) is 26.3. The molecule has 0 aliphatic carbocycles. The highest BCUT2D eigenvalue weighted by atomic mass is 28.1. The number of nitrogens with zero attached hydrogens (tertiary/aromatic N) is 4. The molecular formula is C18H19N5O5Si. The molecule has 1 aliphatic rings. The highest BCUT2D eigenvalue weighted by Crippen LogP contribution is 2.39. The largest absolute Gasteiger partial charge is 0.394 e. The molecule has 4 rings (SSSR count). The number of fused-ring (bicyclic) bond motifs is 1. The lowest BCUT2D eigenvalue weighted by molar-refractivity contribution is -0.0950. The zero-order chi connectivity index (χ0) is 19.9. The van der Waals surface area contributed by atoms with E-state index in [1.807, 2.05) is 6.07 Å². The second kappa shape index (κ2) is 7.97. The lowest BCUT2D eigenvalue weighted by atomic mass is 9.96. The number of hydrogen-bond donors (Lipinski definition) is 4. The number of aromatic nitrogens is 4. The first-order chi connectivity index (χ1) is 13.4. The van der Waals surface area contributed by atoms with E-state index in [2.05, 4.69) is 20.3 Å². The van der Waals surface area contributed by atoms with E-state index in [0.29, 0.717) is 16.7 Å². The molecule has 4 radical (unpaired) electrons. The average Bonchev–Trinajstić information content (AvgIpc) is 3.22. The SMILES string of the molecule is C[C@@]1(O)[C@H](O)[C@@H](CO)O[C@H]1n1cnc2c(NC(=O)c3ccccc3)ncnc21.[Si]. The third-order valence-corrected chi connectivity index (χ3v) is 4.81. The molecule has 4 atom stereocenters. The second-order valence-corrected chi connectivity index (χ2v) is 6.75. The molecule has 2 aromatic heterocycles. The van der Waals surface area contributed by atoms with Crippen LogP contribution in [0.15, 0.2) is 43.0 Å². The van der Waals surface area contributed by atoms with Crippen LogP contribution in [0.1, 0.15) is 23.5 Å². The maximum Gasteiger partial charge on any atom is 0.256 e. The molecule has 1 saturated heterocycles. The molecule has 0 saturated carbocycles. The van der Waals surface area contributed by atoms with Crippen molar-refractivity contribution >= 4 is 33.9 Å². The monoisotopic (exact) mass is 413 g/mol. The molecular weight excluding hydrogens is 394 g/mol. The molecule has 3 aromatic rings. The zero-order valence-electron chi connectivity index (χ0n) is 15.4. The highest BCUT2D eigenvalue weighted by Gasteiger charge is 2.53. The second-order valence-electron chi connectivity index (χ2n) is 6.75. The summed E-state index contributed by atoms with van der Waals surface area (Å²) in [7, 11) is 0. The van der Waals surface area contributed by atoms with Gasteiger partial charge in [0.2, 0.25) is 0 Å². The molecule has 1 amide bonds. The predicted octanol–water partition coefficient (Wildman–Crippen LogP) is -0.301. The van der Waals surface area contributed by atoms with Crippen molar-refractivity contribution in [2.24, 2.45) is 0 Å². The van der Waals surface area contributed by atoms with Crippen LogP contribution < -0.4 is 5.32 Å². The van der Waals surface area contributed by atoms with Gasteiger partial charge >= 0.3 is 0 Å². The van der Waals surface area contributed by atoms with Crippen LogP contribution in [0, 0.1) is 0 Å². The van der Waals surface area contributed by atoms with E-state index in [0.717, 1.165) is 0 Å². The first-order valence-corrected chi connectivity index (χ1v) is 8.64. The smallest absolute Gasteiger partial charge is 0.256 e. The Hall–Kier alpha value is -2.70. The predicted molar refractivity (Wildman–Crippen MR) is 103 cm³/mol. The van der Waals surface area contributed by atoms with Crippen LogP contribution >= 0.6 is 0 Å². The summed E-state index contributed by atoms with van der Waals surface area (Å²) in [5, 5.41) is 32.9. The molecule has 1 aromatic carbocycles. The third kappa shape index (κ3) is 3.54. The van der Waals surface area contributed by atoms with Gasteiger partial charge in [-0.2, -0.15) is 0 Å². The van der Waals surface area contributed by atoms with Crippen molar-refractivity contribution in [3.63, 3.8) is 0 Å². The molecule has 11 heteroatoms. The van der Waals surface area contributed by atoms with Crippen LogP contribution in [0.4, 0.5) is 5.82 Å². The Balaban J connectivity index is 0.00000240. The van der Waals surface area contributed by atoms with E-state index >= 15 is 0 Å². The van der Waals surface area contributed by atoms with Crippen molar-refractivity contribution in [2.45, 2.75) is 31.0 Å². The molecule has 150 valence electrons. The van der Waals surface area contributed by atoms with Crippen LogP contribution in [-0.2, 0) is 4.74 Å². The Morgan fingerprint density at radius 3 is 2.66 bits per heavy atom. The number of aliphatic hydroxyl groups is 3. The summed E-state index contributed by atoms with van der Waals surface area (Å²) in [5.74, 6) is -0.149. The number of amides is 1. The van der Waals surface area contributed by atoms with Crippen LogP contribution in [0.25, 0.3) is 11.2 Å². The highest BCUT2D eigenvalue weighted by molar-refractivity contribution is 6.06. The molecule has 0 unspecified atom stereocenters. The van der Waals surface area contributed by atoms with Gasteiger partial charge in [0.1, 0.15) is 24.1 Å². The molecule has 1 fully saturated rings. The number of imidazole rings is 1. The van der Waals surface area contributed by atoms with Crippen molar-refractivity contribution in [1.29, 1.82) is 0 Å².